The fourth-order valence-electron chi connectivity index (χ4n) is 4.23. The normalized spacial score (nSPS) is 24.4. The van der Waals surface area contributed by atoms with Crippen LogP contribution in [0.4, 0.5) is 0 Å². The minimum atomic E-state index is -0.168. The Morgan fingerprint density at radius 1 is 1.32 bits per heavy atom. The van der Waals surface area contributed by atoms with Gasteiger partial charge in [0.1, 0.15) is 5.75 Å². The lowest BCUT2D eigenvalue weighted by Gasteiger charge is -2.20. The summed E-state index contributed by atoms with van der Waals surface area (Å²) in [4.78, 5) is 16.4. The molecule has 0 saturated heterocycles. The Hall–Kier alpha value is -2.37. The van der Waals surface area contributed by atoms with Gasteiger partial charge in [0, 0.05) is 12.0 Å². The molecule has 3 atom stereocenters. The van der Waals surface area contributed by atoms with Crippen LogP contribution in [0.15, 0.2) is 28.8 Å². The van der Waals surface area contributed by atoms with Crippen molar-refractivity contribution in [3.8, 4) is 17.1 Å². The zero-order valence-corrected chi connectivity index (χ0v) is 14.3. The van der Waals surface area contributed by atoms with Crippen molar-refractivity contribution >= 4 is 5.97 Å². The van der Waals surface area contributed by atoms with Gasteiger partial charge in [-0.15, -0.1) is 0 Å². The largest absolute Gasteiger partial charge is 0.497 e. The van der Waals surface area contributed by atoms with Gasteiger partial charge in [-0.1, -0.05) is 23.7 Å². The lowest BCUT2D eigenvalue weighted by Crippen LogP contribution is -2.17. The number of methoxy groups -OCH3 is 1. The first-order chi connectivity index (χ1) is 12.2. The third-order valence-electron chi connectivity index (χ3n) is 5.47. The molecule has 6 nitrogen and oxygen atoms in total. The highest BCUT2D eigenvalue weighted by Crippen LogP contribution is 2.49. The van der Waals surface area contributed by atoms with Gasteiger partial charge in [-0.05, 0) is 49.1 Å². The number of carbonyl (C=O) groups is 1. The standard InChI is InChI=1S/C19H22N2O4/c1-23-16-4-2-3-14(9-16)19-20-17(25-21-19)11-24-18(22)10-15-8-12-5-6-13(15)7-12/h2-4,9,12-13,15H,5-8,10-11H2,1H3/t12-,13+,15+/m0/s1. The first kappa shape index (κ1) is 16.1. The van der Waals surface area contributed by atoms with Crippen LogP contribution in [0.2, 0.25) is 0 Å². The molecule has 2 aromatic rings. The average molecular weight is 342 g/mol. The molecule has 132 valence electrons. The van der Waals surface area contributed by atoms with E-state index in [1.54, 1.807) is 7.11 Å². The smallest absolute Gasteiger partial charge is 0.306 e. The van der Waals surface area contributed by atoms with E-state index >= 15 is 0 Å². The predicted octanol–water partition coefficient (Wildman–Crippen LogP) is 3.61. The van der Waals surface area contributed by atoms with Crippen molar-refractivity contribution in [1.82, 2.24) is 10.1 Å². The maximum atomic E-state index is 12.1. The van der Waals surface area contributed by atoms with Crippen LogP contribution in [0, 0.1) is 17.8 Å². The fourth-order valence-corrected chi connectivity index (χ4v) is 4.23. The molecule has 0 radical (unpaired) electrons. The number of nitrogens with zero attached hydrogens (tertiary/aromatic N) is 2. The van der Waals surface area contributed by atoms with Crippen molar-refractivity contribution in [2.75, 3.05) is 7.11 Å². The minimum absolute atomic E-state index is 0.0244. The predicted molar refractivity (Wildman–Crippen MR) is 89.6 cm³/mol. The van der Waals surface area contributed by atoms with Crippen LogP contribution in [0.25, 0.3) is 11.4 Å². The maximum absolute atomic E-state index is 12.1. The third kappa shape index (κ3) is 3.52. The summed E-state index contributed by atoms with van der Waals surface area (Å²) in [5.74, 6) is 3.38. The number of benzene rings is 1. The first-order valence-electron chi connectivity index (χ1n) is 8.84. The van der Waals surface area contributed by atoms with E-state index in [0.717, 1.165) is 23.1 Å². The number of hydrogen-bond donors (Lipinski definition) is 0. The van der Waals surface area contributed by atoms with E-state index < -0.39 is 0 Å². The van der Waals surface area contributed by atoms with Crippen LogP contribution in [0.3, 0.4) is 0 Å². The van der Waals surface area contributed by atoms with Crippen molar-refractivity contribution in [3.63, 3.8) is 0 Å². The minimum Gasteiger partial charge on any atom is -0.497 e. The van der Waals surface area contributed by atoms with Gasteiger partial charge >= 0.3 is 5.97 Å². The number of ether oxygens (including phenoxy) is 2. The van der Waals surface area contributed by atoms with Crippen LogP contribution in [0.5, 0.6) is 5.75 Å². The van der Waals surface area contributed by atoms with Crippen molar-refractivity contribution in [1.29, 1.82) is 0 Å². The van der Waals surface area contributed by atoms with Gasteiger partial charge in [-0.25, -0.2) is 0 Å². The maximum Gasteiger partial charge on any atom is 0.306 e. The highest BCUT2D eigenvalue weighted by atomic mass is 16.6. The van der Waals surface area contributed by atoms with E-state index in [-0.39, 0.29) is 12.6 Å². The summed E-state index contributed by atoms with van der Waals surface area (Å²) in [6.07, 6.45) is 5.60. The molecular weight excluding hydrogens is 320 g/mol. The average Bonchev–Trinajstić information content (AvgIpc) is 3.37. The third-order valence-corrected chi connectivity index (χ3v) is 5.47. The van der Waals surface area contributed by atoms with E-state index in [2.05, 4.69) is 10.1 Å². The number of esters is 1. The van der Waals surface area contributed by atoms with Gasteiger partial charge in [0.15, 0.2) is 6.61 Å². The van der Waals surface area contributed by atoms with Gasteiger partial charge in [-0.2, -0.15) is 4.98 Å². The Morgan fingerprint density at radius 3 is 3.00 bits per heavy atom. The SMILES string of the molecule is COc1cccc(-c2noc(COC(=O)C[C@H]3C[C@H]4CC[C@@H]3C4)n2)c1. The summed E-state index contributed by atoms with van der Waals surface area (Å²) in [5, 5.41) is 3.94. The lowest BCUT2D eigenvalue weighted by molar-refractivity contribution is -0.147. The highest BCUT2D eigenvalue weighted by molar-refractivity contribution is 5.69. The Kier molecular flexibility index (Phi) is 4.42. The molecule has 0 aliphatic heterocycles. The molecule has 25 heavy (non-hydrogen) atoms. The Bertz CT molecular complexity index is 757. The Balaban J connectivity index is 1.31. The summed E-state index contributed by atoms with van der Waals surface area (Å²) in [5.41, 5.74) is 0.794. The highest BCUT2D eigenvalue weighted by Gasteiger charge is 2.40. The molecule has 0 spiro atoms. The summed E-state index contributed by atoms with van der Waals surface area (Å²) >= 11 is 0. The van der Waals surface area contributed by atoms with E-state index in [9.17, 15) is 4.79 Å². The number of hydrogen-bond acceptors (Lipinski definition) is 6. The molecule has 1 aromatic heterocycles. The second kappa shape index (κ2) is 6.86. The molecule has 2 aliphatic rings. The quantitative estimate of drug-likeness (QED) is 0.747. The number of carbonyl (C=O) groups excluding carboxylic acids is 1. The van der Waals surface area contributed by atoms with E-state index in [0.29, 0.717) is 24.1 Å². The van der Waals surface area contributed by atoms with Gasteiger partial charge in [0.25, 0.3) is 5.89 Å². The zero-order chi connectivity index (χ0) is 17.2. The molecule has 0 unspecified atom stereocenters. The second-order valence-electron chi connectivity index (χ2n) is 7.04. The van der Waals surface area contributed by atoms with E-state index in [1.165, 1.54) is 25.7 Å². The summed E-state index contributed by atoms with van der Waals surface area (Å²) in [6, 6.07) is 7.41. The molecular formula is C19H22N2O4. The number of fused-ring (bicyclic) bond motifs is 2. The summed E-state index contributed by atoms with van der Waals surface area (Å²) in [7, 11) is 1.61. The lowest BCUT2D eigenvalue weighted by atomic mass is 9.86. The molecule has 2 bridgehead atoms. The Morgan fingerprint density at radius 2 is 2.24 bits per heavy atom. The monoisotopic (exact) mass is 342 g/mol. The molecule has 0 amide bonds. The van der Waals surface area contributed by atoms with Crippen LogP contribution < -0.4 is 4.74 Å². The van der Waals surface area contributed by atoms with Crippen molar-refractivity contribution < 1.29 is 18.8 Å². The molecule has 6 heteroatoms. The summed E-state index contributed by atoms with van der Waals surface area (Å²) < 4.78 is 15.7. The van der Waals surface area contributed by atoms with Crippen molar-refractivity contribution in [2.45, 2.75) is 38.7 Å². The second-order valence-corrected chi connectivity index (χ2v) is 7.04. The molecule has 1 heterocycles. The zero-order valence-electron chi connectivity index (χ0n) is 14.3. The van der Waals surface area contributed by atoms with Crippen LogP contribution in [-0.4, -0.2) is 23.2 Å². The molecule has 2 fully saturated rings. The van der Waals surface area contributed by atoms with Crippen molar-refractivity contribution in [2.24, 2.45) is 17.8 Å². The summed E-state index contributed by atoms with van der Waals surface area (Å²) in [6.45, 7) is 0.0244. The molecule has 2 aliphatic carbocycles. The van der Waals surface area contributed by atoms with Gasteiger partial charge < -0.3 is 14.0 Å². The van der Waals surface area contributed by atoms with Crippen molar-refractivity contribution in [3.05, 3.63) is 30.2 Å². The van der Waals surface area contributed by atoms with Crippen LogP contribution in [0.1, 0.15) is 38.0 Å². The molecule has 4 rings (SSSR count). The van der Waals surface area contributed by atoms with Crippen LogP contribution >= 0.6 is 0 Å². The Labute approximate surface area is 146 Å². The number of rotatable bonds is 6. The first-order valence-corrected chi connectivity index (χ1v) is 8.84. The molecule has 0 N–H and O–H groups in total. The van der Waals surface area contributed by atoms with Gasteiger partial charge in [0.2, 0.25) is 5.82 Å². The molecule has 2 saturated carbocycles. The van der Waals surface area contributed by atoms with E-state index in [4.69, 9.17) is 14.0 Å². The van der Waals surface area contributed by atoms with Crippen LogP contribution in [-0.2, 0) is 16.1 Å². The van der Waals surface area contributed by atoms with Gasteiger partial charge in [-0.3, -0.25) is 4.79 Å². The van der Waals surface area contributed by atoms with E-state index in [1.807, 2.05) is 24.3 Å². The molecule has 1 aromatic carbocycles. The van der Waals surface area contributed by atoms with Gasteiger partial charge in [0.05, 0.1) is 7.11 Å². The topological polar surface area (TPSA) is 74.5 Å². The fraction of sp³-hybridized carbons (Fsp3) is 0.526. The number of aromatic nitrogens is 2.